The highest BCUT2D eigenvalue weighted by atomic mass is 15.2. The molecule has 282 valence electrons. The first-order chi connectivity index (χ1) is 29.2. The Morgan fingerprint density at radius 2 is 0.983 bits per heavy atom. The standard InChI is InChI=1S/C56H45BN2/c1-2-11-38(12-3-1)58-51-19-10-20-52-54(51)57(49-30-43-41-14-5-7-16-45(41)56(47(43)31-53(49)58)33-35-22-24-37(56)28-35)48-17-8-9-18-50(48)59(52)39-25-26-46-42(29-39)40-13-4-6-15-44(40)55(46)32-34-21-23-36(55)27-34/h1-20,25-26,29-31,34-37H,21-24,27-28,32-33H2/t34?,35-,36?,37?,55+,56-/m1/s1. The van der Waals surface area contributed by atoms with Crippen LogP contribution in [0.4, 0.5) is 34.1 Å². The predicted octanol–water partition coefficient (Wildman–Crippen LogP) is 11.9. The van der Waals surface area contributed by atoms with Crippen molar-refractivity contribution in [2.24, 2.45) is 23.7 Å². The molecule has 7 aromatic rings. The minimum absolute atomic E-state index is 0.116. The Morgan fingerprint density at radius 1 is 0.407 bits per heavy atom. The highest BCUT2D eigenvalue weighted by molar-refractivity contribution is 7.00. The number of hydrogen-bond donors (Lipinski definition) is 0. The lowest BCUT2D eigenvalue weighted by Gasteiger charge is -2.45. The molecule has 3 unspecified atom stereocenters. The molecule has 3 heteroatoms. The van der Waals surface area contributed by atoms with E-state index in [0.717, 1.165) is 23.7 Å². The summed E-state index contributed by atoms with van der Waals surface area (Å²) in [6, 6.07) is 59.6. The smallest absolute Gasteiger partial charge is 0.252 e. The van der Waals surface area contributed by atoms with Crippen molar-refractivity contribution in [1.82, 2.24) is 0 Å². The van der Waals surface area contributed by atoms with Crippen LogP contribution in [0.15, 0.2) is 152 Å². The summed E-state index contributed by atoms with van der Waals surface area (Å²) in [4.78, 5) is 5.24. The monoisotopic (exact) mass is 756 g/mol. The van der Waals surface area contributed by atoms with Gasteiger partial charge in [-0.25, -0.2) is 0 Å². The van der Waals surface area contributed by atoms with E-state index in [4.69, 9.17) is 0 Å². The molecule has 15 rings (SSSR count). The molecule has 4 bridgehead atoms. The molecule has 0 aromatic heterocycles. The fraction of sp³-hybridized carbons (Fsp3) is 0.250. The van der Waals surface area contributed by atoms with E-state index in [-0.39, 0.29) is 17.5 Å². The SMILES string of the molecule is c1ccc(N2c3cc4c(cc3B3c5ccccc5N(c5ccc6c(c5)-c5ccccc5[C@@]65CC6CCC5C6)c5cccc2c53)-c2ccccc2[C@]42C[C@@H]3CCC2C3)cc1. The zero-order valence-corrected chi connectivity index (χ0v) is 33.4. The molecular weight excluding hydrogens is 711 g/mol. The van der Waals surface area contributed by atoms with E-state index < -0.39 is 0 Å². The van der Waals surface area contributed by atoms with Crippen LogP contribution in [0.1, 0.15) is 73.6 Å². The zero-order chi connectivity index (χ0) is 38.2. The average molecular weight is 757 g/mol. The molecule has 59 heavy (non-hydrogen) atoms. The Bertz CT molecular complexity index is 2990. The fourth-order valence-corrected chi connectivity index (χ4v) is 15.4. The molecule has 2 nitrogen and oxygen atoms in total. The molecular formula is C56H45BN2. The van der Waals surface area contributed by atoms with E-state index in [2.05, 4.69) is 161 Å². The molecule has 0 radical (unpaired) electrons. The Morgan fingerprint density at radius 3 is 1.66 bits per heavy atom. The van der Waals surface area contributed by atoms with Gasteiger partial charge in [-0.05, 0) is 172 Å². The Balaban J connectivity index is 0.973. The van der Waals surface area contributed by atoms with Gasteiger partial charge >= 0.3 is 0 Å². The van der Waals surface area contributed by atoms with E-state index >= 15 is 0 Å². The minimum atomic E-state index is 0.116. The van der Waals surface area contributed by atoms with Crippen molar-refractivity contribution < 1.29 is 0 Å². The number of hydrogen-bond acceptors (Lipinski definition) is 2. The van der Waals surface area contributed by atoms with Crippen LogP contribution in [0.2, 0.25) is 0 Å². The lowest BCUT2D eigenvalue weighted by atomic mass is 9.33. The molecule has 4 saturated carbocycles. The second-order valence-corrected chi connectivity index (χ2v) is 19.6. The summed E-state index contributed by atoms with van der Waals surface area (Å²) >= 11 is 0. The van der Waals surface area contributed by atoms with Gasteiger partial charge < -0.3 is 9.80 Å². The van der Waals surface area contributed by atoms with Crippen molar-refractivity contribution >= 4 is 57.2 Å². The number of benzene rings is 7. The van der Waals surface area contributed by atoms with Gasteiger partial charge in [-0.3, -0.25) is 0 Å². The van der Waals surface area contributed by atoms with Crippen LogP contribution in [0.5, 0.6) is 0 Å². The summed E-state index contributed by atoms with van der Waals surface area (Å²) in [6.07, 6.45) is 10.9. The molecule has 0 saturated heterocycles. The topological polar surface area (TPSA) is 6.48 Å². The number of rotatable bonds is 2. The van der Waals surface area contributed by atoms with E-state index in [1.165, 1.54) is 124 Å². The molecule has 0 amide bonds. The highest BCUT2D eigenvalue weighted by Gasteiger charge is 2.59. The van der Waals surface area contributed by atoms with Crippen molar-refractivity contribution in [3.63, 3.8) is 0 Å². The predicted molar refractivity (Wildman–Crippen MR) is 244 cm³/mol. The van der Waals surface area contributed by atoms with Crippen molar-refractivity contribution in [3.05, 3.63) is 174 Å². The molecule has 7 aromatic carbocycles. The third kappa shape index (κ3) is 3.80. The van der Waals surface area contributed by atoms with Crippen LogP contribution >= 0.6 is 0 Å². The van der Waals surface area contributed by atoms with Crippen molar-refractivity contribution in [2.75, 3.05) is 9.80 Å². The van der Waals surface area contributed by atoms with Crippen LogP contribution in [0, 0.1) is 23.7 Å². The first-order valence-electron chi connectivity index (χ1n) is 22.6. The van der Waals surface area contributed by atoms with Gasteiger partial charge in [0.15, 0.2) is 0 Å². The van der Waals surface area contributed by atoms with E-state index in [1.807, 2.05) is 0 Å². The van der Waals surface area contributed by atoms with Gasteiger partial charge in [0.1, 0.15) is 0 Å². The zero-order valence-electron chi connectivity index (χ0n) is 33.4. The molecule has 0 N–H and O–H groups in total. The Hall–Kier alpha value is -5.80. The van der Waals surface area contributed by atoms with Crippen molar-refractivity contribution in [2.45, 2.75) is 62.2 Å². The first kappa shape index (κ1) is 32.1. The van der Waals surface area contributed by atoms with Gasteiger partial charge in [0.2, 0.25) is 0 Å². The fourth-order valence-electron chi connectivity index (χ4n) is 15.4. The quantitative estimate of drug-likeness (QED) is 0.162. The molecule has 4 fully saturated rings. The van der Waals surface area contributed by atoms with E-state index in [9.17, 15) is 0 Å². The van der Waals surface area contributed by atoms with Gasteiger partial charge in [-0.1, -0.05) is 116 Å². The van der Waals surface area contributed by atoms with Crippen LogP contribution < -0.4 is 26.2 Å². The molecule has 2 spiro atoms. The summed E-state index contributed by atoms with van der Waals surface area (Å²) in [5, 5.41) is 0. The van der Waals surface area contributed by atoms with Gasteiger partial charge in [0.25, 0.3) is 6.71 Å². The lowest BCUT2D eigenvalue weighted by Crippen LogP contribution is -2.61. The minimum Gasteiger partial charge on any atom is -0.311 e. The van der Waals surface area contributed by atoms with E-state index in [1.54, 1.807) is 22.3 Å². The maximum atomic E-state index is 2.69. The molecule has 6 atom stereocenters. The van der Waals surface area contributed by atoms with Gasteiger partial charge in [-0.15, -0.1) is 0 Å². The summed E-state index contributed by atoms with van der Waals surface area (Å²) in [5.74, 6) is 3.19. The first-order valence-corrected chi connectivity index (χ1v) is 22.6. The lowest BCUT2D eigenvalue weighted by molar-refractivity contribution is 0.327. The third-order valence-electron chi connectivity index (χ3n) is 17.4. The van der Waals surface area contributed by atoms with Crippen LogP contribution in [0.25, 0.3) is 22.3 Å². The van der Waals surface area contributed by atoms with Crippen LogP contribution in [0.3, 0.4) is 0 Å². The van der Waals surface area contributed by atoms with Crippen LogP contribution in [-0.4, -0.2) is 6.71 Å². The Labute approximate surface area is 347 Å². The second-order valence-electron chi connectivity index (χ2n) is 19.6. The van der Waals surface area contributed by atoms with Gasteiger partial charge in [-0.2, -0.15) is 0 Å². The summed E-state index contributed by atoms with van der Waals surface area (Å²) in [6.45, 7) is 0.116. The van der Waals surface area contributed by atoms with Gasteiger partial charge in [0.05, 0.1) is 0 Å². The highest BCUT2D eigenvalue weighted by Crippen LogP contribution is 2.67. The number of fused-ring (bicyclic) bond motifs is 20. The van der Waals surface area contributed by atoms with E-state index in [0.29, 0.717) is 0 Å². The number of anilines is 6. The molecule has 2 heterocycles. The maximum Gasteiger partial charge on any atom is 0.252 e. The summed E-state index contributed by atoms with van der Waals surface area (Å²) in [7, 11) is 0. The molecule has 2 aliphatic heterocycles. The summed E-state index contributed by atoms with van der Waals surface area (Å²) < 4.78 is 0. The van der Waals surface area contributed by atoms with Crippen LogP contribution in [-0.2, 0) is 10.8 Å². The van der Waals surface area contributed by atoms with Crippen molar-refractivity contribution in [3.8, 4) is 22.3 Å². The third-order valence-corrected chi connectivity index (χ3v) is 17.4. The largest absolute Gasteiger partial charge is 0.311 e. The Kier molecular flexibility index (Phi) is 6.02. The number of para-hydroxylation sites is 2. The normalized spacial score (nSPS) is 27.5. The molecule has 6 aliphatic carbocycles. The second kappa shape index (κ2) is 11.1. The van der Waals surface area contributed by atoms with Gasteiger partial charge in [0, 0.05) is 45.0 Å². The maximum absolute atomic E-state index is 2.69. The average Bonchev–Trinajstić information content (AvgIpc) is 4.17. The number of nitrogens with zero attached hydrogens (tertiary/aromatic N) is 2. The molecule has 8 aliphatic rings. The van der Waals surface area contributed by atoms with Crippen molar-refractivity contribution in [1.29, 1.82) is 0 Å². The summed E-state index contributed by atoms with van der Waals surface area (Å²) in [5.41, 5.74) is 24.5.